The lowest BCUT2D eigenvalue weighted by atomic mass is 10.1. The van der Waals surface area contributed by atoms with Crippen LogP contribution in [-0.4, -0.2) is 40.1 Å². The number of nitrogens with zero attached hydrogens (tertiary/aromatic N) is 3. The van der Waals surface area contributed by atoms with Crippen LogP contribution in [0.4, 0.5) is 8.78 Å². The van der Waals surface area contributed by atoms with Crippen LogP contribution in [-0.2, 0) is 17.9 Å². The van der Waals surface area contributed by atoms with Crippen molar-refractivity contribution >= 4 is 23.4 Å². The molecule has 0 aliphatic heterocycles. The number of rotatable bonds is 7. The molecule has 32 heavy (non-hydrogen) atoms. The molecular formula is C23H23ClF2N4O2. The van der Waals surface area contributed by atoms with Crippen LogP contribution >= 0.6 is 11.6 Å². The molecule has 6 nitrogen and oxygen atoms in total. The summed E-state index contributed by atoms with van der Waals surface area (Å²) in [6, 6.07) is 10.2. The maximum Gasteiger partial charge on any atom is 0.254 e. The van der Waals surface area contributed by atoms with Gasteiger partial charge >= 0.3 is 0 Å². The molecule has 0 saturated carbocycles. The minimum Gasteiger partial charge on any atom is -0.343 e. The van der Waals surface area contributed by atoms with Crippen LogP contribution in [0.3, 0.4) is 0 Å². The molecule has 0 saturated heterocycles. The van der Waals surface area contributed by atoms with E-state index in [1.54, 1.807) is 7.05 Å². The fourth-order valence-electron chi connectivity index (χ4n) is 3.29. The summed E-state index contributed by atoms with van der Waals surface area (Å²) in [6.07, 6.45) is 0. The molecule has 1 N–H and O–H groups in total. The van der Waals surface area contributed by atoms with Crippen LogP contribution in [0.5, 0.6) is 0 Å². The average molecular weight is 461 g/mol. The van der Waals surface area contributed by atoms with Gasteiger partial charge in [0.25, 0.3) is 5.91 Å². The topological polar surface area (TPSA) is 67.2 Å². The minimum atomic E-state index is -0.986. The van der Waals surface area contributed by atoms with Crippen molar-refractivity contribution in [1.29, 1.82) is 0 Å². The number of nitrogens with one attached hydrogen (secondary N) is 1. The van der Waals surface area contributed by atoms with E-state index in [2.05, 4.69) is 10.4 Å². The molecular weight excluding hydrogens is 438 g/mol. The standard InChI is InChI=1S/C23H23ClF2N4O2/c1-14-19(15(2)30(28-14)12-16-6-4-5-7-20(16)24)13-29(3)22(31)11-27-23(32)18-9-8-17(25)10-21(18)26/h4-10H,11-13H2,1-3H3,(H,27,32). The van der Waals surface area contributed by atoms with Crippen LogP contribution in [0.15, 0.2) is 42.5 Å². The molecule has 0 aliphatic carbocycles. The molecule has 3 rings (SSSR count). The number of hydrogen-bond acceptors (Lipinski definition) is 3. The predicted molar refractivity (Wildman–Crippen MR) is 117 cm³/mol. The van der Waals surface area contributed by atoms with Crippen molar-refractivity contribution in [2.24, 2.45) is 0 Å². The highest BCUT2D eigenvalue weighted by Gasteiger charge is 2.19. The molecule has 168 valence electrons. The molecule has 1 heterocycles. The Morgan fingerprint density at radius 1 is 1.16 bits per heavy atom. The van der Waals surface area contributed by atoms with Gasteiger partial charge < -0.3 is 10.2 Å². The quantitative estimate of drug-likeness (QED) is 0.582. The van der Waals surface area contributed by atoms with Gasteiger partial charge in [0, 0.05) is 35.9 Å². The largest absolute Gasteiger partial charge is 0.343 e. The minimum absolute atomic E-state index is 0.291. The molecule has 0 radical (unpaired) electrons. The first-order valence-electron chi connectivity index (χ1n) is 9.91. The summed E-state index contributed by atoms with van der Waals surface area (Å²) in [5.41, 5.74) is 3.19. The molecule has 0 atom stereocenters. The lowest BCUT2D eigenvalue weighted by molar-refractivity contribution is -0.129. The predicted octanol–water partition coefficient (Wildman–Crippen LogP) is 3.87. The van der Waals surface area contributed by atoms with E-state index < -0.39 is 17.5 Å². The van der Waals surface area contributed by atoms with Crippen LogP contribution in [0.1, 0.15) is 32.9 Å². The van der Waals surface area contributed by atoms with Gasteiger partial charge in [-0.1, -0.05) is 29.8 Å². The summed E-state index contributed by atoms with van der Waals surface area (Å²) >= 11 is 6.25. The SMILES string of the molecule is Cc1nn(Cc2ccccc2Cl)c(C)c1CN(C)C(=O)CNC(=O)c1ccc(F)cc1F. The molecule has 0 unspecified atom stereocenters. The number of benzene rings is 2. The highest BCUT2D eigenvalue weighted by atomic mass is 35.5. The fourth-order valence-corrected chi connectivity index (χ4v) is 3.49. The molecule has 0 bridgehead atoms. The number of aromatic nitrogens is 2. The third kappa shape index (κ3) is 5.31. The van der Waals surface area contributed by atoms with Gasteiger partial charge in [-0.15, -0.1) is 0 Å². The number of amides is 2. The molecule has 2 aromatic carbocycles. The summed E-state index contributed by atoms with van der Waals surface area (Å²) in [6.45, 7) is 4.26. The Labute approximate surface area is 189 Å². The lowest BCUT2D eigenvalue weighted by Crippen LogP contribution is -2.38. The van der Waals surface area contributed by atoms with Crippen LogP contribution in [0, 0.1) is 25.5 Å². The molecule has 2 amide bonds. The highest BCUT2D eigenvalue weighted by Crippen LogP contribution is 2.20. The van der Waals surface area contributed by atoms with Crippen LogP contribution in [0.25, 0.3) is 0 Å². The van der Waals surface area contributed by atoms with Crippen molar-refractivity contribution in [2.45, 2.75) is 26.9 Å². The van der Waals surface area contributed by atoms with E-state index in [1.165, 1.54) is 4.90 Å². The van der Waals surface area contributed by atoms with Crippen molar-refractivity contribution in [3.05, 3.63) is 87.2 Å². The summed E-state index contributed by atoms with van der Waals surface area (Å²) in [7, 11) is 1.61. The van der Waals surface area contributed by atoms with Gasteiger partial charge in [-0.2, -0.15) is 5.10 Å². The molecule has 0 aliphatic rings. The van der Waals surface area contributed by atoms with Crippen molar-refractivity contribution in [1.82, 2.24) is 20.0 Å². The summed E-state index contributed by atoms with van der Waals surface area (Å²) in [5.74, 6) is -2.92. The van der Waals surface area contributed by atoms with E-state index in [4.69, 9.17) is 11.6 Å². The lowest BCUT2D eigenvalue weighted by Gasteiger charge is -2.18. The van der Waals surface area contributed by atoms with Crippen LogP contribution in [0.2, 0.25) is 5.02 Å². The molecule has 0 spiro atoms. The molecule has 1 aromatic heterocycles. The van der Waals surface area contributed by atoms with Gasteiger partial charge in [-0.25, -0.2) is 8.78 Å². The number of carbonyl (C=O) groups excluding carboxylic acids is 2. The Kier molecular flexibility index (Phi) is 7.25. The molecule has 0 fully saturated rings. The Bertz CT molecular complexity index is 1160. The zero-order valence-corrected chi connectivity index (χ0v) is 18.7. The Balaban J connectivity index is 1.63. The second kappa shape index (κ2) is 9.91. The van der Waals surface area contributed by atoms with E-state index in [0.29, 0.717) is 24.2 Å². The second-order valence-corrected chi connectivity index (χ2v) is 7.86. The summed E-state index contributed by atoms with van der Waals surface area (Å²) in [4.78, 5) is 26.1. The van der Waals surface area contributed by atoms with Gasteiger partial charge in [0.05, 0.1) is 24.3 Å². The summed E-state index contributed by atoms with van der Waals surface area (Å²) < 4.78 is 28.6. The first-order valence-corrected chi connectivity index (χ1v) is 10.3. The molecule has 3 aromatic rings. The third-order valence-corrected chi connectivity index (χ3v) is 5.57. The van der Waals surface area contributed by atoms with E-state index >= 15 is 0 Å². The fraction of sp³-hybridized carbons (Fsp3) is 0.261. The Morgan fingerprint density at radius 3 is 2.56 bits per heavy atom. The van der Waals surface area contributed by atoms with Gasteiger partial charge in [0.2, 0.25) is 5.91 Å². The van der Waals surface area contributed by atoms with E-state index in [-0.39, 0.29) is 18.0 Å². The first-order chi connectivity index (χ1) is 15.2. The van der Waals surface area contributed by atoms with Crippen molar-refractivity contribution in [2.75, 3.05) is 13.6 Å². The maximum absolute atomic E-state index is 13.7. The second-order valence-electron chi connectivity index (χ2n) is 7.46. The van der Waals surface area contributed by atoms with Gasteiger partial charge in [-0.3, -0.25) is 14.3 Å². The highest BCUT2D eigenvalue weighted by molar-refractivity contribution is 6.31. The zero-order chi connectivity index (χ0) is 23.4. The summed E-state index contributed by atoms with van der Waals surface area (Å²) in [5, 5.41) is 7.59. The van der Waals surface area contributed by atoms with E-state index in [1.807, 2.05) is 42.8 Å². The smallest absolute Gasteiger partial charge is 0.254 e. The maximum atomic E-state index is 13.7. The monoisotopic (exact) mass is 460 g/mol. The van der Waals surface area contributed by atoms with E-state index in [0.717, 1.165) is 34.6 Å². The average Bonchev–Trinajstić information content (AvgIpc) is 3.00. The van der Waals surface area contributed by atoms with Crippen molar-refractivity contribution < 1.29 is 18.4 Å². The van der Waals surface area contributed by atoms with Crippen molar-refractivity contribution in [3.8, 4) is 0 Å². The third-order valence-electron chi connectivity index (χ3n) is 5.21. The number of likely N-dealkylation sites (N-methyl/N-ethyl adjacent to an activating group) is 1. The normalized spacial score (nSPS) is 10.8. The van der Waals surface area contributed by atoms with Gasteiger partial charge in [0.1, 0.15) is 11.6 Å². The first kappa shape index (κ1) is 23.4. The number of hydrogen-bond donors (Lipinski definition) is 1. The molecule has 9 heteroatoms. The zero-order valence-electron chi connectivity index (χ0n) is 18.0. The Morgan fingerprint density at radius 2 is 1.88 bits per heavy atom. The van der Waals surface area contributed by atoms with Crippen molar-refractivity contribution in [3.63, 3.8) is 0 Å². The van der Waals surface area contributed by atoms with Gasteiger partial charge in [-0.05, 0) is 37.6 Å². The number of halogens is 3. The van der Waals surface area contributed by atoms with E-state index in [9.17, 15) is 18.4 Å². The van der Waals surface area contributed by atoms with Crippen LogP contribution < -0.4 is 5.32 Å². The number of carbonyl (C=O) groups is 2. The Hall–Kier alpha value is -3.26. The number of aryl methyl sites for hydroxylation is 1. The van der Waals surface area contributed by atoms with Gasteiger partial charge in [0.15, 0.2) is 0 Å².